The van der Waals surface area contributed by atoms with E-state index in [-0.39, 0.29) is 16.7 Å². The summed E-state index contributed by atoms with van der Waals surface area (Å²) in [6.07, 6.45) is 3.46. The maximum atomic E-state index is 11.1. The minimum atomic E-state index is -0.293. The highest BCUT2D eigenvalue weighted by Crippen LogP contribution is 2.30. The fourth-order valence-electron chi connectivity index (χ4n) is 3.16. The van der Waals surface area contributed by atoms with Crippen molar-refractivity contribution >= 4 is 5.69 Å². The molecule has 2 rings (SSSR count). The molecule has 116 valence electrons. The first-order chi connectivity index (χ1) is 10.0. The van der Waals surface area contributed by atoms with Crippen LogP contribution in [0.1, 0.15) is 43.4 Å². The monoisotopic (exact) mass is 291 g/mol. The lowest BCUT2D eigenvalue weighted by atomic mass is 9.92. The third-order valence-corrected chi connectivity index (χ3v) is 4.68. The van der Waals surface area contributed by atoms with Crippen LogP contribution in [0.4, 0.5) is 5.69 Å². The molecule has 0 saturated carbocycles. The predicted octanol–water partition coefficient (Wildman–Crippen LogP) is 3.03. The van der Waals surface area contributed by atoms with Gasteiger partial charge >= 0.3 is 0 Å². The molecule has 1 heterocycles. The summed E-state index contributed by atoms with van der Waals surface area (Å²) in [7, 11) is 0. The first-order valence-corrected chi connectivity index (χ1v) is 7.72. The lowest BCUT2D eigenvalue weighted by Gasteiger charge is -2.36. The van der Waals surface area contributed by atoms with E-state index in [0.717, 1.165) is 43.1 Å². The van der Waals surface area contributed by atoms with Gasteiger partial charge in [0.15, 0.2) is 0 Å². The van der Waals surface area contributed by atoms with Crippen molar-refractivity contribution in [1.29, 1.82) is 0 Å². The fraction of sp³-hybridized carbons (Fsp3) is 0.625. The van der Waals surface area contributed by atoms with Gasteiger partial charge < -0.3 is 5.73 Å². The quantitative estimate of drug-likeness (QED) is 0.668. The molecule has 5 heteroatoms. The van der Waals surface area contributed by atoms with Gasteiger partial charge in [-0.3, -0.25) is 15.0 Å². The number of aryl methyl sites for hydroxylation is 1. The highest BCUT2D eigenvalue weighted by Gasteiger charge is 2.24. The Balaban J connectivity index is 2.05. The number of nitrogens with two attached hydrogens (primary N) is 1. The third-order valence-electron chi connectivity index (χ3n) is 4.68. The van der Waals surface area contributed by atoms with Gasteiger partial charge in [0, 0.05) is 17.7 Å². The number of nitro benzene ring substituents is 1. The van der Waals surface area contributed by atoms with Crippen molar-refractivity contribution in [3.8, 4) is 0 Å². The minimum Gasteiger partial charge on any atom is -0.330 e. The molecule has 5 nitrogen and oxygen atoms in total. The lowest BCUT2D eigenvalue weighted by molar-refractivity contribution is -0.385. The number of benzene rings is 1. The molecule has 1 unspecified atom stereocenters. The second kappa shape index (κ2) is 7.00. The maximum absolute atomic E-state index is 11.1. The Bertz CT molecular complexity index is 496. The maximum Gasteiger partial charge on any atom is 0.272 e. The van der Waals surface area contributed by atoms with Crippen LogP contribution in [0.5, 0.6) is 0 Å². The molecule has 0 aromatic heterocycles. The highest BCUT2D eigenvalue weighted by molar-refractivity contribution is 5.43. The average molecular weight is 291 g/mol. The molecule has 1 saturated heterocycles. The molecule has 0 aliphatic carbocycles. The van der Waals surface area contributed by atoms with Crippen LogP contribution in [0.15, 0.2) is 18.2 Å². The van der Waals surface area contributed by atoms with Crippen molar-refractivity contribution in [2.75, 3.05) is 19.6 Å². The van der Waals surface area contributed by atoms with E-state index in [0.29, 0.717) is 0 Å². The number of piperidine rings is 1. The smallest absolute Gasteiger partial charge is 0.272 e. The Morgan fingerprint density at radius 1 is 1.43 bits per heavy atom. The van der Waals surface area contributed by atoms with Gasteiger partial charge in [0.05, 0.1) is 4.92 Å². The molecule has 1 aliphatic rings. The first-order valence-electron chi connectivity index (χ1n) is 7.72. The molecule has 2 N–H and O–H groups in total. The van der Waals surface area contributed by atoms with Gasteiger partial charge in [0.2, 0.25) is 0 Å². The van der Waals surface area contributed by atoms with E-state index in [2.05, 4.69) is 11.8 Å². The van der Waals surface area contributed by atoms with Crippen LogP contribution < -0.4 is 5.73 Å². The fourth-order valence-corrected chi connectivity index (χ4v) is 3.16. The van der Waals surface area contributed by atoms with Crippen LogP contribution >= 0.6 is 0 Å². The summed E-state index contributed by atoms with van der Waals surface area (Å²) in [6.45, 7) is 6.79. The molecular weight excluding hydrogens is 266 g/mol. The topological polar surface area (TPSA) is 72.4 Å². The van der Waals surface area contributed by atoms with Gasteiger partial charge in [0.25, 0.3) is 5.69 Å². The molecule has 1 fully saturated rings. The molecular formula is C16H25N3O2. The van der Waals surface area contributed by atoms with E-state index < -0.39 is 0 Å². The van der Waals surface area contributed by atoms with Crippen LogP contribution in [-0.2, 0) is 0 Å². The highest BCUT2D eigenvalue weighted by atomic mass is 16.6. The summed E-state index contributed by atoms with van der Waals surface area (Å²) in [5.41, 5.74) is 7.60. The summed E-state index contributed by atoms with van der Waals surface area (Å²) in [4.78, 5) is 13.2. The zero-order chi connectivity index (χ0) is 15.4. The van der Waals surface area contributed by atoms with Gasteiger partial charge in [-0.1, -0.05) is 12.1 Å². The average Bonchev–Trinajstić information content (AvgIpc) is 2.48. The van der Waals surface area contributed by atoms with E-state index in [1.54, 1.807) is 13.0 Å². The van der Waals surface area contributed by atoms with Crippen molar-refractivity contribution < 1.29 is 4.92 Å². The molecule has 1 aromatic carbocycles. The summed E-state index contributed by atoms with van der Waals surface area (Å²) < 4.78 is 0. The van der Waals surface area contributed by atoms with Gasteiger partial charge in [-0.25, -0.2) is 0 Å². The van der Waals surface area contributed by atoms with Crippen molar-refractivity contribution in [1.82, 2.24) is 4.90 Å². The Kier molecular flexibility index (Phi) is 5.31. The van der Waals surface area contributed by atoms with Crippen molar-refractivity contribution in [2.24, 2.45) is 11.7 Å². The SMILES string of the molecule is Cc1ccc(C(C)N2CCC(CCN)CC2)cc1[N+](=O)[O-]. The standard InChI is InChI=1S/C16H25N3O2/c1-12-3-4-15(11-16(12)19(20)21)13(2)18-9-6-14(5-8-17)7-10-18/h3-4,11,13-14H,5-10,17H2,1-2H3. The normalized spacial score (nSPS) is 18.6. The molecule has 1 atom stereocenters. The van der Waals surface area contributed by atoms with E-state index >= 15 is 0 Å². The Morgan fingerprint density at radius 2 is 2.10 bits per heavy atom. The number of hydrogen-bond donors (Lipinski definition) is 1. The molecule has 0 amide bonds. The zero-order valence-electron chi connectivity index (χ0n) is 12.9. The summed E-state index contributed by atoms with van der Waals surface area (Å²) in [5, 5.41) is 11.1. The van der Waals surface area contributed by atoms with E-state index in [4.69, 9.17) is 5.73 Å². The second-order valence-corrected chi connectivity index (χ2v) is 6.04. The summed E-state index contributed by atoms with van der Waals surface area (Å²) >= 11 is 0. The van der Waals surface area contributed by atoms with Crippen LogP contribution in [-0.4, -0.2) is 29.5 Å². The Hall–Kier alpha value is -1.46. The van der Waals surface area contributed by atoms with E-state index in [9.17, 15) is 10.1 Å². The van der Waals surface area contributed by atoms with Gasteiger partial charge in [-0.05, 0) is 64.2 Å². The van der Waals surface area contributed by atoms with Crippen LogP contribution in [0.25, 0.3) is 0 Å². The molecule has 1 aromatic rings. The van der Waals surface area contributed by atoms with Gasteiger partial charge in [0.1, 0.15) is 0 Å². The number of hydrogen-bond acceptors (Lipinski definition) is 4. The largest absolute Gasteiger partial charge is 0.330 e. The lowest BCUT2D eigenvalue weighted by Crippen LogP contribution is -2.36. The molecule has 0 radical (unpaired) electrons. The van der Waals surface area contributed by atoms with Crippen LogP contribution in [0.2, 0.25) is 0 Å². The van der Waals surface area contributed by atoms with E-state index in [1.165, 1.54) is 12.8 Å². The van der Waals surface area contributed by atoms with Gasteiger partial charge in [-0.15, -0.1) is 0 Å². The zero-order valence-corrected chi connectivity index (χ0v) is 12.9. The van der Waals surface area contributed by atoms with Crippen molar-refractivity contribution in [2.45, 2.75) is 39.2 Å². The Labute approximate surface area is 126 Å². The van der Waals surface area contributed by atoms with E-state index in [1.807, 2.05) is 12.1 Å². The first kappa shape index (κ1) is 15.9. The molecule has 0 spiro atoms. The van der Waals surface area contributed by atoms with Crippen molar-refractivity contribution in [3.05, 3.63) is 39.4 Å². The third kappa shape index (κ3) is 3.80. The van der Waals surface area contributed by atoms with Crippen molar-refractivity contribution in [3.63, 3.8) is 0 Å². The predicted molar refractivity (Wildman–Crippen MR) is 84.2 cm³/mol. The van der Waals surface area contributed by atoms with Crippen LogP contribution in [0.3, 0.4) is 0 Å². The van der Waals surface area contributed by atoms with Gasteiger partial charge in [-0.2, -0.15) is 0 Å². The Morgan fingerprint density at radius 3 is 2.67 bits per heavy atom. The number of likely N-dealkylation sites (tertiary alicyclic amines) is 1. The summed E-state index contributed by atoms with van der Waals surface area (Å²) in [5.74, 6) is 0.741. The second-order valence-electron chi connectivity index (χ2n) is 6.04. The van der Waals surface area contributed by atoms with Crippen LogP contribution in [0, 0.1) is 23.0 Å². The molecule has 0 bridgehead atoms. The number of nitro groups is 1. The molecule has 21 heavy (non-hydrogen) atoms. The minimum absolute atomic E-state index is 0.220. The summed E-state index contributed by atoms with van der Waals surface area (Å²) in [6, 6.07) is 5.82. The molecule has 1 aliphatic heterocycles. The number of rotatable bonds is 5. The number of nitrogens with zero attached hydrogens (tertiary/aromatic N) is 2.